The minimum absolute atomic E-state index is 0.0805. The van der Waals surface area contributed by atoms with Crippen molar-refractivity contribution in [3.63, 3.8) is 0 Å². The molecule has 0 aliphatic rings. The number of esters is 1. The molecule has 0 saturated heterocycles. The van der Waals surface area contributed by atoms with Crippen LogP contribution in [0.25, 0.3) is 22.2 Å². The van der Waals surface area contributed by atoms with Crippen LogP contribution in [-0.2, 0) is 4.74 Å². The molecule has 22 heavy (non-hydrogen) atoms. The summed E-state index contributed by atoms with van der Waals surface area (Å²) in [5, 5.41) is 0.549. The van der Waals surface area contributed by atoms with E-state index in [1.807, 2.05) is 30.3 Å². The highest BCUT2D eigenvalue weighted by Crippen LogP contribution is 2.19. The Morgan fingerprint density at radius 1 is 1.09 bits per heavy atom. The van der Waals surface area contributed by atoms with E-state index in [0.717, 1.165) is 11.3 Å². The fraction of sp³-hybridized carbons (Fsp3) is 0.111. The number of benzene rings is 2. The molecule has 0 saturated carbocycles. The van der Waals surface area contributed by atoms with Crippen LogP contribution in [0.2, 0.25) is 0 Å². The van der Waals surface area contributed by atoms with Crippen molar-refractivity contribution in [2.75, 3.05) is 6.61 Å². The molecule has 0 atom stereocenters. The Bertz CT molecular complexity index is 882. The monoisotopic (exact) mass is 293 g/mol. The van der Waals surface area contributed by atoms with Crippen LogP contribution in [0.4, 0.5) is 0 Å². The quantitative estimate of drug-likeness (QED) is 0.753. The Labute approximate surface area is 127 Å². The van der Waals surface area contributed by atoms with Gasteiger partial charge in [0.15, 0.2) is 5.43 Å². The largest absolute Gasteiger partial charge is 0.462 e. The summed E-state index contributed by atoms with van der Waals surface area (Å²) in [6.45, 7) is 2.08. The van der Waals surface area contributed by atoms with E-state index in [2.05, 4.69) is 4.98 Å². The molecule has 0 fully saturated rings. The van der Waals surface area contributed by atoms with Crippen LogP contribution < -0.4 is 5.43 Å². The Morgan fingerprint density at radius 3 is 2.59 bits per heavy atom. The first kappa shape index (κ1) is 14.1. The van der Waals surface area contributed by atoms with Gasteiger partial charge in [-0.15, -0.1) is 0 Å². The number of aromatic nitrogens is 1. The summed E-state index contributed by atoms with van der Waals surface area (Å²) < 4.78 is 4.99. The first-order valence-electron chi connectivity index (χ1n) is 7.08. The first-order chi connectivity index (χ1) is 10.7. The Hall–Kier alpha value is -2.88. The van der Waals surface area contributed by atoms with Crippen molar-refractivity contribution in [2.45, 2.75) is 6.92 Å². The predicted octanol–water partition coefficient (Wildman–Crippen LogP) is 3.37. The zero-order valence-corrected chi connectivity index (χ0v) is 12.1. The second kappa shape index (κ2) is 5.85. The average Bonchev–Trinajstić information content (AvgIpc) is 2.55. The first-order valence-corrected chi connectivity index (χ1v) is 7.08. The van der Waals surface area contributed by atoms with Gasteiger partial charge in [0.2, 0.25) is 0 Å². The average molecular weight is 293 g/mol. The molecular weight excluding hydrogens is 278 g/mol. The summed E-state index contributed by atoms with van der Waals surface area (Å²) in [4.78, 5) is 27.3. The second-order valence-electron chi connectivity index (χ2n) is 4.89. The van der Waals surface area contributed by atoms with Crippen molar-refractivity contribution in [1.29, 1.82) is 0 Å². The third-order valence-corrected chi connectivity index (χ3v) is 3.43. The molecule has 0 bridgehead atoms. The van der Waals surface area contributed by atoms with E-state index in [1.54, 1.807) is 31.2 Å². The normalized spacial score (nSPS) is 10.6. The maximum atomic E-state index is 12.2. The lowest BCUT2D eigenvalue weighted by Crippen LogP contribution is -2.07. The number of nitrogens with one attached hydrogen (secondary N) is 1. The number of pyridine rings is 1. The Balaban J connectivity index is 2.15. The fourth-order valence-corrected chi connectivity index (χ4v) is 2.37. The third kappa shape index (κ3) is 2.63. The standard InChI is InChI=1S/C18H15NO3/c1-2-22-18(21)13-8-9-14-16(10-13)19-15(11-17(14)20)12-6-4-3-5-7-12/h3-11H,2H2,1H3,(H,19,20). The third-order valence-electron chi connectivity index (χ3n) is 3.43. The number of hydrogen-bond donors (Lipinski definition) is 1. The molecule has 0 unspecified atom stereocenters. The van der Waals surface area contributed by atoms with Crippen LogP contribution in [0.5, 0.6) is 0 Å². The molecule has 0 spiro atoms. The maximum Gasteiger partial charge on any atom is 0.338 e. The minimum Gasteiger partial charge on any atom is -0.462 e. The van der Waals surface area contributed by atoms with E-state index in [1.165, 1.54) is 0 Å². The van der Waals surface area contributed by atoms with Crippen LogP contribution in [-0.4, -0.2) is 17.6 Å². The van der Waals surface area contributed by atoms with Crippen LogP contribution in [0.3, 0.4) is 0 Å². The van der Waals surface area contributed by atoms with E-state index < -0.39 is 5.97 Å². The zero-order chi connectivity index (χ0) is 15.5. The number of aromatic amines is 1. The van der Waals surface area contributed by atoms with E-state index in [-0.39, 0.29) is 5.43 Å². The van der Waals surface area contributed by atoms with Gasteiger partial charge < -0.3 is 9.72 Å². The summed E-state index contributed by atoms with van der Waals surface area (Å²) in [5.41, 5.74) is 2.61. The van der Waals surface area contributed by atoms with Crippen molar-refractivity contribution in [2.24, 2.45) is 0 Å². The van der Waals surface area contributed by atoms with Gasteiger partial charge in [0.05, 0.1) is 17.7 Å². The second-order valence-corrected chi connectivity index (χ2v) is 4.89. The van der Waals surface area contributed by atoms with Crippen LogP contribution in [0, 0.1) is 0 Å². The number of fused-ring (bicyclic) bond motifs is 1. The molecule has 1 heterocycles. The van der Waals surface area contributed by atoms with Gasteiger partial charge >= 0.3 is 5.97 Å². The van der Waals surface area contributed by atoms with Gasteiger partial charge in [-0.3, -0.25) is 4.79 Å². The molecule has 1 N–H and O–H groups in total. The van der Waals surface area contributed by atoms with Gasteiger partial charge in [-0.05, 0) is 30.7 Å². The Kier molecular flexibility index (Phi) is 3.74. The molecule has 0 radical (unpaired) electrons. The maximum absolute atomic E-state index is 12.2. The minimum atomic E-state index is -0.393. The summed E-state index contributed by atoms with van der Waals surface area (Å²) in [7, 11) is 0. The van der Waals surface area contributed by atoms with Crippen molar-refractivity contribution in [3.05, 3.63) is 70.4 Å². The highest BCUT2D eigenvalue weighted by Gasteiger charge is 2.10. The fourth-order valence-electron chi connectivity index (χ4n) is 2.37. The van der Waals surface area contributed by atoms with E-state index >= 15 is 0 Å². The van der Waals surface area contributed by atoms with Gasteiger partial charge in [0.25, 0.3) is 0 Å². The number of H-pyrrole nitrogens is 1. The molecule has 0 aliphatic carbocycles. The van der Waals surface area contributed by atoms with Gasteiger partial charge in [-0.2, -0.15) is 0 Å². The van der Waals surface area contributed by atoms with E-state index in [0.29, 0.717) is 23.1 Å². The smallest absolute Gasteiger partial charge is 0.338 e. The molecule has 4 heteroatoms. The topological polar surface area (TPSA) is 59.2 Å². The summed E-state index contributed by atoms with van der Waals surface area (Å²) in [6, 6.07) is 16.1. The number of ether oxygens (including phenoxy) is 1. The molecule has 3 rings (SSSR count). The molecule has 3 aromatic rings. The Morgan fingerprint density at radius 2 is 1.86 bits per heavy atom. The van der Waals surface area contributed by atoms with E-state index in [9.17, 15) is 9.59 Å². The number of hydrogen-bond acceptors (Lipinski definition) is 3. The summed E-state index contributed by atoms with van der Waals surface area (Å²) in [6.07, 6.45) is 0. The highest BCUT2D eigenvalue weighted by molar-refractivity contribution is 5.94. The van der Waals surface area contributed by atoms with Gasteiger partial charge in [0, 0.05) is 17.1 Å². The number of carbonyl (C=O) groups is 1. The molecule has 1 aromatic heterocycles. The van der Waals surface area contributed by atoms with Gasteiger partial charge in [0.1, 0.15) is 0 Å². The number of rotatable bonds is 3. The molecule has 2 aromatic carbocycles. The van der Waals surface area contributed by atoms with Crippen molar-refractivity contribution in [3.8, 4) is 11.3 Å². The zero-order valence-electron chi connectivity index (χ0n) is 12.1. The van der Waals surface area contributed by atoms with Gasteiger partial charge in [-0.25, -0.2) is 4.79 Å². The van der Waals surface area contributed by atoms with Crippen LogP contribution in [0.1, 0.15) is 17.3 Å². The molecule has 0 amide bonds. The van der Waals surface area contributed by atoms with Gasteiger partial charge in [-0.1, -0.05) is 30.3 Å². The van der Waals surface area contributed by atoms with Crippen LogP contribution >= 0.6 is 0 Å². The summed E-state index contributed by atoms with van der Waals surface area (Å²) in [5.74, 6) is -0.393. The van der Waals surface area contributed by atoms with Crippen LogP contribution in [0.15, 0.2) is 59.4 Å². The summed E-state index contributed by atoms with van der Waals surface area (Å²) >= 11 is 0. The van der Waals surface area contributed by atoms with Crippen molar-refractivity contribution < 1.29 is 9.53 Å². The lowest BCUT2D eigenvalue weighted by atomic mass is 10.1. The predicted molar refractivity (Wildman–Crippen MR) is 86.0 cm³/mol. The van der Waals surface area contributed by atoms with Crippen molar-refractivity contribution >= 4 is 16.9 Å². The lowest BCUT2D eigenvalue weighted by molar-refractivity contribution is 0.0526. The molecular formula is C18H15NO3. The van der Waals surface area contributed by atoms with Crippen molar-refractivity contribution in [1.82, 2.24) is 4.98 Å². The number of carbonyl (C=O) groups excluding carboxylic acids is 1. The SMILES string of the molecule is CCOC(=O)c1ccc2c(=O)cc(-c3ccccc3)[nH]c2c1. The lowest BCUT2D eigenvalue weighted by Gasteiger charge is -2.06. The highest BCUT2D eigenvalue weighted by atomic mass is 16.5. The molecule has 110 valence electrons. The van der Waals surface area contributed by atoms with E-state index in [4.69, 9.17) is 4.74 Å². The molecule has 4 nitrogen and oxygen atoms in total. The molecule has 0 aliphatic heterocycles.